The highest BCUT2D eigenvalue weighted by Gasteiger charge is 2.23. The monoisotopic (exact) mass is 265 g/mol. The number of rotatable bonds is 5. The number of nitrogens with two attached hydrogens (primary N) is 1. The Morgan fingerprint density at radius 2 is 2.37 bits per heavy atom. The quantitative estimate of drug-likeness (QED) is 0.592. The maximum atomic E-state index is 11.5. The molecule has 2 atom stereocenters. The van der Waals surface area contributed by atoms with E-state index in [9.17, 15) is 4.79 Å². The maximum absolute atomic E-state index is 11.5. The molecule has 0 radical (unpaired) electrons. The van der Waals surface area contributed by atoms with Gasteiger partial charge in [0.2, 0.25) is 0 Å². The van der Waals surface area contributed by atoms with Gasteiger partial charge in [-0.3, -0.25) is 4.79 Å². The van der Waals surface area contributed by atoms with Gasteiger partial charge in [0.1, 0.15) is 5.75 Å². The van der Waals surface area contributed by atoms with Crippen molar-refractivity contribution < 1.29 is 14.6 Å². The second-order valence-corrected chi connectivity index (χ2v) is 4.65. The third-order valence-corrected chi connectivity index (χ3v) is 2.94. The minimum atomic E-state index is -0.459. The lowest BCUT2D eigenvalue weighted by Gasteiger charge is -2.23. The van der Waals surface area contributed by atoms with Crippen LogP contribution in [-0.2, 0) is 11.3 Å². The summed E-state index contributed by atoms with van der Waals surface area (Å²) in [5.41, 5.74) is 7.30. The molecule has 0 spiro atoms. The first kappa shape index (κ1) is 13.8. The average molecular weight is 265 g/mol. The summed E-state index contributed by atoms with van der Waals surface area (Å²) >= 11 is 0. The standard InChI is InChI=1S/C13H19N3O3/c1-8-13(18)16-11-4-9(2-3-12(11)19-8)5-15-6-10(14)7-17/h2-4,8,10,15,17H,5-7,14H2,1H3,(H,16,18). The van der Waals surface area contributed by atoms with Crippen LogP contribution in [0.2, 0.25) is 0 Å². The molecule has 1 aromatic carbocycles. The Kier molecular flexibility index (Phi) is 4.36. The summed E-state index contributed by atoms with van der Waals surface area (Å²) in [5, 5.41) is 14.8. The number of anilines is 1. The molecule has 0 saturated heterocycles. The molecule has 6 heteroatoms. The lowest BCUT2D eigenvalue weighted by Crippen LogP contribution is -2.36. The number of carbonyl (C=O) groups is 1. The fourth-order valence-corrected chi connectivity index (χ4v) is 1.83. The normalized spacial score (nSPS) is 19.3. The van der Waals surface area contributed by atoms with E-state index in [1.165, 1.54) is 0 Å². The van der Waals surface area contributed by atoms with Crippen molar-refractivity contribution in [3.05, 3.63) is 23.8 Å². The highest BCUT2D eigenvalue weighted by molar-refractivity contribution is 5.97. The summed E-state index contributed by atoms with van der Waals surface area (Å²) in [6.45, 7) is 2.82. The Morgan fingerprint density at radius 3 is 3.11 bits per heavy atom. The van der Waals surface area contributed by atoms with Crippen LogP contribution < -0.4 is 21.1 Å². The maximum Gasteiger partial charge on any atom is 0.265 e. The molecule has 5 N–H and O–H groups in total. The van der Waals surface area contributed by atoms with Gasteiger partial charge in [-0.25, -0.2) is 0 Å². The molecule has 0 saturated carbocycles. The van der Waals surface area contributed by atoms with Crippen LogP contribution in [0.4, 0.5) is 5.69 Å². The van der Waals surface area contributed by atoms with Gasteiger partial charge in [-0.15, -0.1) is 0 Å². The Balaban J connectivity index is 1.97. The molecule has 19 heavy (non-hydrogen) atoms. The number of fused-ring (bicyclic) bond motifs is 1. The predicted octanol–water partition coefficient (Wildman–Crippen LogP) is -0.185. The number of amides is 1. The van der Waals surface area contributed by atoms with Crippen molar-refractivity contribution in [2.75, 3.05) is 18.5 Å². The van der Waals surface area contributed by atoms with Crippen molar-refractivity contribution in [3.63, 3.8) is 0 Å². The highest BCUT2D eigenvalue weighted by Crippen LogP contribution is 2.30. The molecule has 6 nitrogen and oxygen atoms in total. The molecular weight excluding hydrogens is 246 g/mol. The van der Waals surface area contributed by atoms with Gasteiger partial charge in [0.05, 0.1) is 12.3 Å². The van der Waals surface area contributed by atoms with Gasteiger partial charge in [-0.05, 0) is 24.6 Å². The van der Waals surface area contributed by atoms with Gasteiger partial charge in [-0.1, -0.05) is 6.07 Å². The van der Waals surface area contributed by atoms with Gasteiger partial charge in [0, 0.05) is 19.1 Å². The van der Waals surface area contributed by atoms with Crippen LogP contribution >= 0.6 is 0 Å². The topological polar surface area (TPSA) is 96.6 Å². The molecule has 0 bridgehead atoms. The molecule has 2 rings (SSSR count). The molecule has 104 valence electrons. The Hall–Kier alpha value is -1.63. The van der Waals surface area contributed by atoms with Crippen molar-refractivity contribution in [1.82, 2.24) is 5.32 Å². The van der Waals surface area contributed by atoms with E-state index >= 15 is 0 Å². The predicted molar refractivity (Wildman–Crippen MR) is 71.9 cm³/mol. The van der Waals surface area contributed by atoms with E-state index in [0.29, 0.717) is 24.5 Å². The Labute approximate surface area is 111 Å². The van der Waals surface area contributed by atoms with Gasteiger partial charge in [0.15, 0.2) is 6.10 Å². The molecule has 1 amide bonds. The van der Waals surface area contributed by atoms with E-state index in [-0.39, 0.29) is 18.6 Å². The first-order valence-corrected chi connectivity index (χ1v) is 6.27. The van der Waals surface area contributed by atoms with Crippen LogP contribution in [0.1, 0.15) is 12.5 Å². The molecule has 0 aromatic heterocycles. The third-order valence-electron chi connectivity index (χ3n) is 2.94. The number of aliphatic hydroxyl groups is 1. The van der Waals surface area contributed by atoms with Crippen LogP contribution in [0.5, 0.6) is 5.75 Å². The molecule has 2 unspecified atom stereocenters. The van der Waals surface area contributed by atoms with Crippen molar-refractivity contribution in [2.45, 2.75) is 25.6 Å². The Morgan fingerprint density at radius 1 is 1.58 bits per heavy atom. The van der Waals surface area contributed by atoms with E-state index < -0.39 is 6.10 Å². The fourth-order valence-electron chi connectivity index (χ4n) is 1.83. The van der Waals surface area contributed by atoms with Gasteiger partial charge >= 0.3 is 0 Å². The zero-order valence-electron chi connectivity index (χ0n) is 10.8. The zero-order valence-corrected chi connectivity index (χ0v) is 10.8. The van der Waals surface area contributed by atoms with E-state index in [1.54, 1.807) is 6.92 Å². The number of carbonyl (C=O) groups excluding carboxylic acids is 1. The van der Waals surface area contributed by atoms with Crippen LogP contribution in [-0.4, -0.2) is 36.3 Å². The molecule has 1 aliphatic heterocycles. The second-order valence-electron chi connectivity index (χ2n) is 4.65. The van der Waals surface area contributed by atoms with Crippen molar-refractivity contribution in [2.24, 2.45) is 5.73 Å². The smallest absolute Gasteiger partial charge is 0.265 e. The summed E-state index contributed by atoms with van der Waals surface area (Å²) < 4.78 is 5.47. The number of hydrogen-bond acceptors (Lipinski definition) is 5. The Bertz CT molecular complexity index is 464. The van der Waals surface area contributed by atoms with Crippen LogP contribution in [0.3, 0.4) is 0 Å². The van der Waals surface area contributed by atoms with Gasteiger partial charge in [-0.2, -0.15) is 0 Å². The molecule has 1 aromatic rings. The van der Waals surface area contributed by atoms with Crippen molar-refractivity contribution >= 4 is 11.6 Å². The van der Waals surface area contributed by atoms with Crippen molar-refractivity contribution in [1.29, 1.82) is 0 Å². The van der Waals surface area contributed by atoms with Crippen LogP contribution in [0.15, 0.2) is 18.2 Å². The minimum Gasteiger partial charge on any atom is -0.479 e. The van der Waals surface area contributed by atoms with Crippen LogP contribution in [0, 0.1) is 0 Å². The van der Waals surface area contributed by atoms with Gasteiger partial charge in [0.25, 0.3) is 5.91 Å². The summed E-state index contributed by atoms with van der Waals surface area (Å²) in [5.74, 6) is 0.544. The first-order valence-electron chi connectivity index (χ1n) is 6.27. The summed E-state index contributed by atoms with van der Waals surface area (Å²) in [7, 11) is 0. The van der Waals surface area contributed by atoms with E-state index in [2.05, 4.69) is 10.6 Å². The third kappa shape index (κ3) is 3.44. The second kappa shape index (κ2) is 6.01. The summed E-state index contributed by atoms with van der Waals surface area (Å²) in [6, 6.07) is 5.38. The number of nitrogens with one attached hydrogen (secondary N) is 2. The number of aliphatic hydroxyl groups excluding tert-OH is 1. The largest absolute Gasteiger partial charge is 0.479 e. The van der Waals surface area contributed by atoms with E-state index in [0.717, 1.165) is 5.56 Å². The number of ether oxygens (including phenoxy) is 1. The highest BCUT2D eigenvalue weighted by atomic mass is 16.5. The summed E-state index contributed by atoms with van der Waals surface area (Å²) in [4.78, 5) is 11.5. The SMILES string of the molecule is CC1Oc2ccc(CNCC(N)CO)cc2NC1=O. The average Bonchev–Trinajstić information content (AvgIpc) is 2.40. The van der Waals surface area contributed by atoms with Crippen molar-refractivity contribution in [3.8, 4) is 5.75 Å². The van der Waals surface area contributed by atoms with Gasteiger partial charge < -0.3 is 26.2 Å². The molecule has 1 aliphatic rings. The lowest BCUT2D eigenvalue weighted by molar-refractivity contribution is -0.122. The zero-order chi connectivity index (χ0) is 13.8. The molecular formula is C13H19N3O3. The fraction of sp³-hybridized carbons (Fsp3) is 0.462. The van der Waals surface area contributed by atoms with E-state index in [4.69, 9.17) is 15.6 Å². The first-order chi connectivity index (χ1) is 9.10. The summed E-state index contributed by atoms with van der Waals surface area (Å²) in [6.07, 6.45) is -0.459. The number of benzene rings is 1. The molecule has 0 fully saturated rings. The van der Waals surface area contributed by atoms with Crippen LogP contribution in [0.25, 0.3) is 0 Å². The molecule has 1 heterocycles. The van der Waals surface area contributed by atoms with E-state index in [1.807, 2.05) is 18.2 Å². The number of hydrogen-bond donors (Lipinski definition) is 4. The minimum absolute atomic E-state index is 0.0427. The molecule has 0 aliphatic carbocycles. The lowest BCUT2D eigenvalue weighted by atomic mass is 10.1.